The summed E-state index contributed by atoms with van der Waals surface area (Å²) in [5.41, 5.74) is -0.577. The van der Waals surface area contributed by atoms with Gasteiger partial charge in [0, 0.05) is 0 Å². The highest BCUT2D eigenvalue weighted by molar-refractivity contribution is 5.94. The fourth-order valence-electron chi connectivity index (χ4n) is 2.62. The number of alkyl halides is 3. The van der Waals surface area contributed by atoms with Gasteiger partial charge in [-0.2, -0.15) is 13.2 Å². The highest BCUT2D eigenvalue weighted by atomic mass is 19.4. The van der Waals surface area contributed by atoms with Gasteiger partial charge in [0.15, 0.2) is 0 Å². The molecule has 0 unspecified atom stereocenters. The van der Waals surface area contributed by atoms with Crippen molar-refractivity contribution < 1.29 is 37.0 Å². The first kappa shape index (κ1) is 21.3. The highest BCUT2D eigenvalue weighted by Gasteiger charge is 2.31. The Morgan fingerprint density at radius 1 is 1.21 bits per heavy atom. The van der Waals surface area contributed by atoms with Gasteiger partial charge in [-0.1, -0.05) is 18.2 Å². The van der Waals surface area contributed by atoms with Gasteiger partial charge in [0.2, 0.25) is 0 Å². The summed E-state index contributed by atoms with van der Waals surface area (Å²) in [5, 5.41) is 4.88. The number of urea groups is 1. The molecule has 10 heteroatoms. The lowest BCUT2D eigenvalue weighted by atomic mass is 10.0. The number of hydrogen-bond donors (Lipinski definition) is 2. The summed E-state index contributed by atoms with van der Waals surface area (Å²) in [5.74, 6) is -1.48. The summed E-state index contributed by atoms with van der Waals surface area (Å²) in [6, 6.07) is 3.08. The van der Waals surface area contributed by atoms with Crippen LogP contribution in [-0.4, -0.2) is 37.2 Å². The maximum Gasteiger partial charge on any atom is 0.416 e. The van der Waals surface area contributed by atoms with Gasteiger partial charge >= 0.3 is 24.1 Å². The van der Waals surface area contributed by atoms with Crippen molar-refractivity contribution >= 4 is 18.0 Å². The molecule has 0 fully saturated rings. The average molecular weight is 400 g/mol. The molecule has 7 nitrogen and oxygen atoms in total. The summed E-state index contributed by atoms with van der Waals surface area (Å²) < 4.78 is 48.2. The van der Waals surface area contributed by atoms with Gasteiger partial charge in [0.25, 0.3) is 0 Å². The van der Waals surface area contributed by atoms with E-state index >= 15 is 0 Å². The van der Waals surface area contributed by atoms with Gasteiger partial charge in [-0.25, -0.2) is 9.59 Å². The second-order valence-corrected chi connectivity index (χ2v) is 5.97. The first-order valence-electron chi connectivity index (χ1n) is 8.41. The zero-order chi connectivity index (χ0) is 20.9. The second-order valence-electron chi connectivity index (χ2n) is 5.97. The van der Waals surface area contributed by atoms with Crippen LogP contribution in [0.25, 0.3) is 0 Å². The molecule has 152 valence electrons. The minimum Gasteiger partial charge on any atom is -0.463 e. The molecular formula is C18H19F3N2O5. The molecule has 0 bridgehead atoms. The number of benzene rings is 1. The van der Waals surface area contributed by atoms with Crippen LogP contribution in [0.5, 0.6) is 0 Å². The molecule has 1 aromatic carbocycles. The van der Waals surface area contributed by atoms with Crippen molar-refractivity contribution in [3.8, 4) is 0 Å². The minimum absolute atomic E-state index is 0.0621. The van der Waals surface area contributed by atoms with Crippen LogP contribution < -0.4 is 10.6 Å². The van der Waals surface area contributed by atoms with Crippen molar-refractivity contribution in [1.82, 2.24) is 10.6 Å². The van der Waals surface area contributed by atoms with E-state index in [1.807, 2.05) is 0 Å². The standard InChI is InChI=1S/C18H19F3N2O5/c1-3-27-16(25)15-10(2)22-17(26)23-13(15)9-28-14(24)8-11-5-4-6-12(7-11)18(19,20)21/h4-7,10H,3,8-9H2,1-2H3,(H2,22,23,26)/t10-/m0/s1. The fraction of sp³-hybridized carbons (Fsp3) is 0.389. The Kier molecular flexibility index (Phi) is 6.66. The van der Waals surface area contributed by atoms with Gasteiger partial charge in [0.1, 0.15) is 6.61 Å². The Hall–Kier alpha value is -3.04. The average Bonchev–Trinajstić information content (AvgIpc) is 2.59. The molecule has 1 aromatic rings. The van der Waals surface area contributed by atoms with Gasteiger partial charge in [0.05, 0.1) is 35.9 Å². The summed E-state index contributed by atoms with van der Waals surface area (Å²) in [6.45, 7) is 2.87. The fourth-order valence-corrected chi connectivity index (χ4v) is 2.62. The largest absolute Gasteiger partial charge is 0.463 e. The zero-order valence-electron chi connectivity index (χ0n) is 15.2. The molecule has 0 saturated carbocycles. The number of carbonyl (C=O) groups excluding carboxylic acids is 3. The normalized spacial score (nSPS) is 16.9. The van der Waals surface area contributed by atoms with E-state index in [4.69, 9.17) is 9.47 Å². The smallest absolute Gasteiger partial charge is 0.416 e. The van der Waals surface area contributed by atoms with Crippen LogP contribution in [-0.2, 0) is 31.7 Å². The van der Waals surface area contributed by atoms with E-state index in [1.165, 1.54) is 12.1 Å². The number of carbonyl (C=O) groups is 3. The molecule has 1 atom stereocenters. The molecule has 0 radical (unpaired) electrons. The molecule has 0 spiro atoms. The molecule has 28 heavy (non-hydrogen) atoms. The van der Waals surface area contributed by atoms with Crippen LogP contribution in [0.15, 0.2) is 35.5 Å². The molecule has 0 aliphatic carbocycles. The van der Waals surface area contributed by atoms with E-state index in [0.29, 0.717) is 0 Å². The van der Waals surface area contributed by atoms with Crippen LogP contribution >= 0.6 is 0 Å². The van der Waals surface area contributed by atoms with Crippen molar-refractivity contribution in [2.75, 3.05) is 13.2 Å². The molecule has 2 amide bonds. The van der Waals surface area contributed by atoms with Crippen molar-refractivity contribution in [2.24, 2.45) is 0 Å². The number of rotatable bonds is 6. The molecule has 1 heterocycles. The third-order valence-electron chi connectivity index (χ3n) is 3.85. The molecule has 1 aliphatic heterocycles. The number of halogens is 3. The van der Waals surface area contributed by atoms with Crippen molar-refractivity contribution in [3.63, 3.8) is 0 Å². The van der Waals surface area contributed by atoms with Gasteiger partial charge in [-0.3, -0.25) is 4.79 Å². The molecule has 0 saturated heterocycles. The first-order chi connectivity index (χ1) is 13.1. The van der Waals surface area contributed by atoms with Crippen molar-refractivity contribution in [2.45, 2.75) is 32.5 Å². The van der Waals surface area contributed by atoms with E-state index in [-0.39, 0.29) is 23.4 Å². The van der Waals surface area contributed by atoms with E-state index in [2.05, 4.69) is 10.6 Å². The zero-order valence-corrected chi connectivity index (χ0v) is 15.2. The van der Waals surface area contributed by atoms with E-state index in [1.54, 1.807) is 13.8 Å². The molecule has 2 N–H and O–H groups in total. The molecular weight excluding hydrogens is 381 g/mol. The predicted octanol–water partition coefficient (Wildman–Crippen LogP) is 2.31. The lowest BCUT2D eigenvalue weighted by Crippen LogP contribution is -2.50. The number of hydrogen-bond acceptors (Lipinski definition) is 5. The first-order valence-corrected chi connectivity index (χ1v) is 8.41. The Balaban J connectivity index is 2.08. The van der Waals surface area contributed by atoms with Crippen LogP contribution in [0.1, 0.15) is 25.0 Å². The Labute approximate surface area is 158 Å². The van der Waals surface area contributed by atoms with Gasteiger partial charge in [-0.15, -0.1) is 0 Å². The van der Waals surface area contributed by atoms with Crippen LogP contribution in [0, 0.1) is 0 Å². The Bertz CT molecular complexity index is 805. The van der Waals surface area contributed by atoms with Crippen LogP contribution in [0.3, 0.4) is 0 Å². The lowest BCUT2D eigenvalue weighted by Gasteiger charge is -2.26. The molecule has 1 aliphatic rings. The maximum absolute atomic E-state index is 12.7. The minimum atomic E-state index is -4.52. The van der Waals surface area contributed by atoms with Gasteiger partial charge in [-0.05, 0) is 25.5 Å². The SMILES string of the molecule is CCOC(=O)C1=C(COC(=O)Cc2cccc(C(F)(F)F)c2)NC(=O)N[C@H]1C. The third-order valence-corrected chi connectivity index (χ3v) is 3.85. The van der Waals surface area contributed by atoms with Crippen LogP contribution in [0.4, 0.5) is 18.0 Å². The number of nitrogens with one attached hydrogen (secondary N) is 2. The van der Waals surface area contributed by atoms with Gasteiger partial charge < -0.3 is 20.1 Å². The molecule has 0 aromatic heterocycles. The number of ether oxygens (including phenoxy) is 2. The summed E-state index contributed by atoms with van der Waals surface area (Å²) in [7, 11) is 0. The van der Waals surface area contributed by atoms with E-state index in [9.17, 15) is 27.6 Å². The number of esters is 2. The summed E-state index contributed by atoms with van der Waals surface area (Å²) in [6.07, 6.45) is -4.91. The highest BCUT2D eigenvalue weighted by Crippen LogP contribution is 2.29. The van der Waals surface area contributed by atoms with E-state index in [0.717, 1.165) is 12.1 Å². The molecule has 2 rings (SSSR count). The quantitative estimate of drug-likeness (QED) is 0.715. The number of amides is 2. The summed E-state index contributed by atoms with van der Waals surface area (Å²) >= 11 is 0. The second kappa shape index (κ2) is 8.77. The topological polar surface area (TPSA) is 93.7 Å². The summed E-state index contributed by atoms with van der Waals surface area (Å²) in [4.78, 5) is 35.7. The monoisotopic (exact) mass is 400 g/mol. The Morgan fingerprint density at radius 3 is 2.57 bits per heavy atom. The lowest BCUT2D eigenvalue weighted by molar-refractivity contribution is -0.143. The van der Waals surface area contributed by atoms with E-state index < -0.39 is 48.8 Å². The van der Waals surface area contributed by atoms with Crippen molar-refractivity contribution in [1.29, 1.82) is 0 Å². The third kappa shape index (κ3) is 5.48. The Morgan fingerprint density at radius 2 is 1.93 bits per heavy atom. The predicted molar refractivity (Wildman–Crippen MR) is 90.9 cm³/mol. The van der Waals surface area contributed by atoms with Crippen LogP contribution in [0.2, 0.25) is 0 Å². The maximum atomic E-state index is 12.7. The van der Waals surface area contributed by atoms with Crippen molar-refractivity contribution in [3.05, 3.63) is 46.7 Å².